The monoisotopic (exact) mass is 398 g/mol. The molecule has 3 aromatic rings. The first-order valence-electron chi connectivity index (χ1n) is 8.51. The van der Waals surface area contributed by atoms with Crippen molar-refractivity contribution in [2.75, 3.05) is 11.9 Å². The second kappa shape index (κ2) is 8.53. The summed E-state index contributed by atoms with van der Waals surface area (Å²) >= 11 is 1.25. The average molecular weight is 398 g/mol. The molecular formula is C20H18N2O5S. The second-order valence-corrected chi connectivity index (χ2v) is 6.91. The van der Waals surface area contributed by atoms with Crippen LogP contribution in [0.4, 0.5) is 10.8 Å². The van der Waals surface area contributed by atoms with E-state index in [-0.39, 0.29) is 12.0 Å². The van der Waals surface area contributed by atoms with Crippen LogP contribution < -0.4 is 10.1 Å². The maximum Gasteiger partial charge on any atom is 0.335 e. The van der Waals surface area contributed by atoms with Crippen molar-refractivity contribution in [1.82, 2.24) is 4.98 Å². The Hall–Kier alpha value is -3.39. The van der Waals surface area contributed by atoms with E-state index in [1.165, 1.54) is 23.5 Å². The SMILES string of the molecule is CCOc1ccc(-c2nc(Nc3ccc(C(=O)O)cc3)sc2CC(=O)O)cc1. The Morgan fingerprint density at radius 2 is 1.75 bits per heavy atom. The molecule has 0 atom stereocenters. The summed E-state index contributed by atoms with van der Waals surface area (Å²) in [7, 11) is 0. The fourth-order valence-corrected chi connectivity index (χ4v) is 3.58. The highest BCUT2D eigenvalue weighted by Crippen LogP contribution is 2.34. The van der Waals surface area contributed by atoms with E-state index >= 15 is 0 Å². The van der Waals surface area contributed by atoms with Crippen LogP contribution in [0.5, 0.6) is 5.75 Å². The van der Waals surface area contributed by atoms with Gasteiger partial charge in [0.2, 0.25) is 0 Å². The highest BCUT2D eigenvalue weighted by molar-refractivity contribution is 7.16. The summed E-state index contributed by atoms with van der Waals surface area (Å²) in [6, 6.07) is 13.6. The molecule has 0 spiro atoms. The van der Waals surface area contributed by atoms with Crippen LogP contribution in [-0.4, -0.2) is 33.7 Å². The summed E-state index contributed by atoms with van der Waals surface area (Å²) < 4.78 is 5.44. The first kappa shape index (κ1) is 19.4. The Balaban J connectivity index is 1.88. The Morgan fingerprint density at radius 3 is 2.32 bits per heavy atom. The Labute approximate surface area is 165 Å². The first-order chi connectivity index (χ1) is 13.5. The molecule has 2 aromatic carbocycles. The van der Waals surface area contributed by atoms with E-state index in [0.29, 0.717) is 28.0 Å². The highest BCUT2D eigenvalue weighted by atomic mass is 32.1. The van der Waals surface area contributed by atoms with Crippen molar-refractivity contribution in [1.29, 1.82) is 0 Å². The Bertz CT molecular complexity index is 981. The largest absolute Gasteiger partial charge is 0.494 e. The molecule has 0 aliphatic heterocycles. The van der Waals surface area contributed by atoms with Crippen molar-refractivity contribution in [2.45, 2.75) is 13.3 Å². The van der Waals surface area contributed by atoms with Crippen LogP contribution in [0.2, 0.25) is 0 Å². The van der Waals surface area contributed by atoms with Gasteiger partial charge in [0.1, 0.15) is 5.75 Å². The molecule has 0 radical (unpaired) electrons. The molecular weight excluding hydrogens is 380 g/mol. The molecule has 0 aliphatic carbocycles. The van der Waals surface area contributed by atoms with Gasteiger partial charge in [-0.1, -0.05) is 0 Å². The second-order valence-electron chi connectivity index (χ2n) is 5.83. The summed E-state index contributed by atoms with van der Waals surface area (Å²) in [5.41, 5.74) is 2.25. The van der Waals surface area contributed by atoms with E-state index in [0.717, 1.165) is 11.3 Å². The Morgan fingerprint density at radius 1 is 1.07 bits per heavy atom. The molecule has 0 aliphatic rings. The summed E-state index contributed by atoms with van der Waals surface area (Å²) in [4.78, 5) is 27.4. The van der Waals surface area contributed by atoms with Gasteiger partial charge in [0.15, 0.2) is 5.13 Å². The number of ether oxygens (including phenoxy) is 1. The number of hydrogen-bond donors (Lipinski definition) is 3. The number of carbonyl (C=O) groups is 2. The number of aromatic carboxylic acids is 1. The molecule has 1 heterocycles. The first-order valence-corrected chi connectivity index (χ1v) is 9.33. The van der Waals surface area contributed by atoms with Crippen LogP contribution >= 0.6 is 11.3 Å². The zero-order valence-corrected chi connectivity index (χ0v) is 15.8. The zero-order chi connectivity index (χ0) is 20.1. The number of hydrogen-bond acceptors (Lipinski definition) is 6. The number of rotatable bonds is 8. The lowest BCUT2D eigenvalue weighted by molar-refractivity contribution is -0.136. The van der Waals surface area contributed by atoms with E-state index in [9.17, 15) is 14.7 Å². The van der Waals surface area contributed by atoms with Crippen molar-refractivity contribution < 1.29 is 24.5 Å². The van der Waals surface area contributed by atoms with Gasteiger partial charge < -0.3 is 20.3 Å². The number of carboxylic acid groups (broad SMARTS) is 2. The van der Waals surface area contributed by atoms with Crippen LogP contribution in [-0.2, 0) is 11.2 Å². The molecule has 0 fully saturated rings. The molecule has 0 amide bonds. The minimum Gasteiger partial charge on any atom is -0.494 e. The normalized spacial score (nSPS) is 10.5. The topological polar surface area (TPSA) is 109 Å². The lowest BCUT2D eigenvalue weighted by Crippen LogP contribution is -1.99. The number of nitrogens with one attached hydrogen (secondary N) is 1. The maximum atomic E-state index is 11.2. The van der Waals surface area contributed by atoms with Crippen molar-refractivity contribution >= 4 is 34.1 Å². The van der Waals surface area contributed by atoms with E-state index in [1.54, 1.807) is 12.1 Å². The number of nitrogens with zero attached hydrogens (tertiary/aromatic N) is 1. The third-order valence-corrected chi connectivity index (χ3v) is 4.80. The molecule has 0 bridgehead atoms. The number of anilines is 2. The molecule has 3 rings (SSSR count). The molecule has 3 N–H and O–H groups in total. The lowest BCUT2D eigenvalue weighted by Gasteiger charge is -2.05. The van der Waals surface area contributed by atoms with Crippen LogP contribution in [0.15, 0.2) is 48.5 Å². The number of carboxylic acids is 2. The van der Waals surface area contributed by atoms with E-state index in [1.807, 2.05) is 31.2 Å². The van der Waals surface area contributed by atoms with Crippen LogP contribution in [0, 0.1) is 0 Å². The molecule has 8 heteroatoms. The molecule has 7 nitrogen and oxygen atoms in total. The number of aromatic nitrogens is 1. The summed E-state index contributed by atoms with van der Waals surface area (Å²) in [5.74, 6) is -1.20. The average Bonchev–Trinajstić information content (AvgIpc) is 3.04. The van der Waals surface area contributed by atoms with Crippen molar-refractivity contribution in [3.63, 3.8) is 0 Å². The molecule has 28 heavy (non-hydrogen) atoms. The van der Waals surface area contributed by atoms with Gasteiger partial charge in [-0.3, -0.25) is 4.79 Å². The van der Waals surface area contributed by atoms with Gasteiger partial charge in [-0.05, 0) is 55.5 Å². The van der Waals surface area contributed by atoms with Crippen molar-refractivity contribution in [2.24, 2.45) is 0 Å². The smallest absolute Gasteiger partial charge is 0.335 e. The summed E-state index contributed by atoms with van der Waals surface area (Å²) in [5, 5.41) is 21.8. The van der Waals surface area contributed by atoms with Gasteiger partial charge in [0.25, 0.3) is 0 Å². The van der Waals surface area contributed by atoms with Crippen molar-refractivity contribution in [3.05, 3.63) is 59.0 Å². The van der Waals surface area contributed by atoms with Gasteiger partial charge in [-0.2, -0.15) is 0 Å². The quantitative estimate of drug-likeness (QED) is 0.520. The fraction of sp³-hybridized carbons (Fsp3) is 0.150. The lowest BCUT2D eigenvalue weighted by atomic mass is 10.1. The zero-order valence-electron chi connectivity index (χ0n) is 15.0. The summed E-state index contributed by atoms with van der Waals surface area (Å²) in [6.07, 6.45) is -0.139. The number of thiazole rings is 1. The molecule has 144 valence electrons. The van der Waals surface area contributed by atoms with Gasteiger partial charge in [0, 0.05) is 16.1 Å². The predicted molar refractivity (Wildman–Crippen MR) is 107 cm³/mol. The number of benzene rings is 2. The van der Waals surface area contributed by atoms with Crippen LogP contribution in [0.1, 0.15) is 22.2 Å². The minimum absolute atomic E-state index is 0.139. The molecule has 0 unspecified atom stereocenters. The molecule has 1 aromatic heterocycles. The third-order valence-electron chi connectivity index (χ3n) is 3.83. The molecule has 0 saturated carbocycles. The van der Waals surface area contributed by atoms with Gasteiger partial charge in [-0.15, -0.1) is 11.3 Å². The minimum atomic E-state index is -0.998. The third kappa shape index (κ3) is 4.66. The molecule has 0 saturated heterocycles. The van der Waals surface area contributed by atoms with Crippen molar-refractivity contribution in [3.8, 4) is 17.0 Å². The van der Waals surface area contributed by atoms with Gasteiger partial charge >= 0.3 is 11.9 Å². The standard InChI is InChI=1S/C20H18N2O5S/c1-2-27-15-9-5-12(6-10-15)18-16(11-17(23)24)28-20(22-18)21-14-7-3-13(4-8-14)19(25)26/h3-10H,2,11H2,1H3,(H,21,22)(H,23,24)(H,25,26). The fourth-order valence-electron chi connectivity index (χ4n) is 2.58. The Kier molecular flexibility index (Phi) is 5.90. The highest BCUT2D eigenvalue weighted by Gasteiger charge is 2.16. The van der Waals surface area contributed by atoms with E-state index in [4.69, 9.17) is 9.84 Å². The van der Waals surface area contributed by atoms with Crippen LogP contribution in [0.25, 0.3) is 11.3 Å². The maximum absolute atomic E-state index is 11.2. The van der Waals surface area contributed by atoms with E-state index < -0.39 is 11.9 Å². The van der Waals surface area contributed by atoms with E-state index in [2.05, 4.69) is 10.3 Å². The van der Waals surface area contributed by atoms with Crippen LogP contribution in [0.3, 0.4) is 0 Å². The summed E-state index contributed by atoms with van der Waals surface area (Å²) in [6.45, 7) is 2.47. The predicted octanol–water partition coefficient (Wildman–Crippen LogP) is 4.28. The van der Waals surface area contributed by atoms with Gasteiger partial charge in [-0.25, -0.2) is 9.78 Å². The van der Waals surface area contributed by atoms with Gasteiger partial charge in [0.05, 0.1) is 24.3 Å². The number of aliphatic carboxylic acids is 1.